The average Bonchev–Trinajstić information content (AvgIpc) is 3.23. The van der Waals surface area contributed by atoms with Crippen LogP contribution in [0.25, 0.3) is 11.1 Å². The first kappa shape index (κ1) is 17.3. The molecule has 2 aromatic carbocycles. The Kier molecular flexibility index (Phi) is 5.42. The second kappa shape index (κ2) is 8.47. The van der Waals surface area contributed by atoms with Crippen LogP contribution in [0.4, 0.5) is 0 Å². The van der Waals surface area contributed by atoms with E-state index in [2.05, 4.69) is 64.5 Å². The van der Waals surface area contributed by atoms with Crippen LogP contribution >= 0.6 is 0 Å². The van der Waals surface area contributed by atoms with Gasteiger partial charge in [0.25, 0.3) is 0 Å². The van der Waals surface area contributed by atoms with Crippen molar-refractivity contribution in [3.05, 3.63) is 114 Å². The Hall–Kier alpha value is -3.17. The first-order chi connectivity index (χ1) is 13.4. The summed E-state index contributed by atoms with van der Waals surface area (Å²) in [4.78, 5) is 6.61. The predicted octanol–water partition coefficient (Wildman–Crippen LogP) is 5.54. The minimum Gasteiger partial charge on any atom is -0.468 e. The Morgan fingerprint density at radius 2 is 1.44 bits per heavy atom. The molecule has 2 aromatic heterocycles. The van der Waals surface area contributed by atoms with Crippen LogP contribution in [0.2, 0.25) is 0 Å². The standard InChI is InChI=1S/C24H22N2O/c1-2-7-22(8-3-1)23-12-10-20(11-13-23)17-26(19-24-9-5-15-27-24)18-21-6-4-14-25-16-21/h1-16H,17-19H2. The van der Waals surface area contributed by atoms with E-state index in [-0.39, 0.29) is 0 Å². The number of benzene rings is 2. The van der Waals surface area contributed by atoms with Gasteiger partial charge in [-0.1, -0.05) is 60.7 Å². The monoisotopic (exact) mass is 354 g/mol. The van der Waals surface area contributed by atoms with Crippen LogP contribution in [-0.4, -0.2) is 9.88 Å². The smallest absolute Gasteiger partial charge is 0.117 e. The van der Waals surface area contributed by atoms with Gasteiger partial charge in [0.05, 0.1) is 12.8 Å². The minimum atomic E-state index is 0.766. The molecule has 0 N–H and O–H groups in total. The zero-order valence-electron chi connectivity index (χ0n) is 15.2. The van der Waals surface area contributed by atoms with Crippen molar-refractivity contribution < 1.29 is 4.42 Å². The Bertz CT molecular complexity index is 933. The molecule has 0 aliphatic carbocycles. The molecule has 3 nitrogen and oxygen atoms in total. The zero-order chi connectivity index (χ0) is 18.3. The molecule has 0 bridgehead atoms. The van der Waals surface area contributed by atoms with Crippen LogP contribution in [0.15, 0.2) is 102 Å². The van der Waals surface area contributed by atoms with Crippen LogP contribution in [0.3, 0.4) is 0 Å². The number of nitrogens with zero attached hydrogens (tertiary/aromatic N) is 2. The summed E-state index contributed by atoms with van der Waals surface area (Å²) in [6.07, 6.45) is 5.46. The summed E-state index contributed by atoms with van der Waals surface area (Å²) in [5.41, 5.74) is 4.96. The molecular weight excluding hydrogens is 332 g/mol. The highest BCUT2D eigenvalue weighted by atomic mass is 16.3. The first-order valence-corrected chi connectivity index (χ1v) is 9.15. The third-order valence-electron chi connectivity index (χ3n) is 4.56. The van der Waals surface area contributed by atoms with Crippen LogP contribution in [0.5, 0.6) is 0 Å². The number of pyridine rings is 1. The maximum Gasteiger partial charge on any atom is 0.117 e. The van der Waals surface area contributed by atoms with Crippen LogP contribution in [0, 0.1) is 0 Å². The van der Waals surface area contributed by atoms with Crippen molar-refractivity contribution in [2.75, 3.05) is 0 Å². The highest BCUT2D eigenvalue weighted by Gasteiger charge is 2.10. The molecule has 0 saturated carbocycles. The van der Waals surface area contributed by atoms with E-state index in [9.17, 15) is 0 Å². The lowest BCUT2D eigenvalue weighted by Crippen LogP contribution is -2.22. The Labute approximate surface area is 159 Å². The number of aromatic nitrogens is 1. The third-order valence-corrected chi connectivity index (χ3v) is 4.56. The van der Waals surface area contributed by atoms with Crippen molar-refractivity contribution >= 4 is 0 Å². The molecule has 0 saturated heterocycles. The van der Waals surface area contributed by atoms with Gasteiger partial charge in [0.2, 0.25) is 0 Å². The van der Waals surface area contributed by atoms with E-state index in [1.54, 1.807) is 6.26 Å². The molecule has 0 amide bonds. The first-order valence-electron chi connectivity index (χ1n) is 9.15. The highest BCUT2D eigenvalue weighted by Crippen LogP contribution is 2.21. The van der Waals surface area contributed by atoms with Crippen molar-refractivity contribution in [1.82, 2.24) is 9.88 Å². The normalized spacial score (nSPS) is 11.0. The summed E-state index contributed by atoms with van der Waals surface area (Å²) in [7, 11) is 0. The van der Waals surface area contributed by atoms with Gasteiger partial charge in [0, 0.05) is 25.5 Å². The van der Waals surface area contributed by atoms with Gasteiger partial charge in [-0.05, 0) is 40.5 Å². The lowest BCUT2D eigenvalue weighted by molar-refractivity contribution is 0.226. The van der Waals surface area contributed by atoms with E-state index in [1.807, 2.05) is 36.7 Å². The second-order valence-corrected chi connectivity index (χ2v) is 6.65. The van der Waals surface area contributed by atoms with Crippen LogP contribution in [-0.2, 0) is 19.6 Å². The molecule has 0 unspecified atom stereocenters. The van der Waals surface area contributed by atoms with Crippen molar-refractivity contribution in [3.63, 3.8) is 0 Å². The van der Waals surface area contributed by atoms with Gasteiger partial charge in [0.15, 0.2) is 0 Å². The molecular formula is C24H22N2O. The summed E-state index contributed by atoms with van der Waals surface area (Å²) in [6.45, 7) is 2.45. The zero-order valence-corrected chi connectivity index (χ0v) is 15.2. The van der Waals surface area contributed by atoms with E-state index in [1.165, 1.54) is 22.3 Å². The van der Waals surface area contributed by atoms with Crippen molar-refractivity contribution in [1.29, 1.82) is 0 Å². The van der Waals surface area contributed by atoms with Crippen molar-refractivity contribution in [2.45, 2.75) is 19.6 Å². The molecule has 0 aliphatic rings. The summed E-state index contributed by atoms with van der Waals surface area (Å²) in [5.74, 6) is 0.972. The Balaban J connectivity index is 1.50. The van der Waals surface area contributed by atoms with Gasteiger partial charge >= 0.3 is 0 Å². The molecule has 0 spiro atoms. The average molecular weight is 354 g/mol. The highest BCUT2D eigenvalue weighted by molar-refractivity contribution is 5.63. The molecule has 4 rings (SSSR count). The molecule has 4 aromatic rings. The molecule has 27 heavy (non-hydrogen) atoms. The maximum absolute atomic E-state index is 5.56. The fourth-order valence-corrected chi connectivity index (χ4v) is 3.23. The minimum absolute atomic E-state index is 0.766. The van der Waals surface area contributed by atoms with E-state index >= 15 is 0 Å². The number of furan rings is 1. The lowest BCUT2D eigenvalue weighted by atomic mass is 10.0. The van der Waals surface area contributed by atoms with Gasteiger partial charge < -0.3 is 4.42 Å². The van der Waals surface area contributed by atoms with Crippen LogP contribution in [0.1, 0.15) is 16.9 Å². The molecule has 0 radical (unpaired) electrons. The largest absolute Gasteiger partial charge is 0.468 e. The van der Waals surface area contributed by atoms with E-state index in [0.717, 1.165) is 25.4 Å². The summed E-state index contributed by atoms with van der Waals surface area (Å²) < 4.78 is 5.56. The van der Waals surface area contributed by atoms with Gasteiger partial charge in [-0.3, -0.25) is 9.88 Å². The number of rotatable bonds is 7. The summed E-state index contributed by atoms with van der Waals surface area (Å²) >= 11 is 0. The fraction of sp³-hybridized carbons (Fsp3) is 0.125. The third kappa shape index (κ3) is 4.72. The topological polar surface area (TPSA) is 29.3 Å². The van der Waals surface area contributed by atoms with Gasteiger partial charge in [-0.25, -0.2) is 0 Å². The Morgan fingerprint density at radius 1 is 0.667 bits per heavy atom. The second-order valence-electron chi connectivity index (χ2n) is 6.65. The summed E-state index contributed by atoms with van der Waals surface area (Å²) in [6, 6.07) is 27.3. The van der Waals surface area contributed by atoms with Gasteiger partial charge in [0.1, 0.15) is 5.76 Å². The number of hydrogen-bond acceptors (Lipinski definition) is 3. The van der Waals surface area contributed by atoms with Crippen molar-refractivity contribution in [2.24, 2.45) is 0 Å². The molecule has 0 atom stereocenters. The molecule has 3 heteroatoms. The van der Waals surface area contributed by atoms with E-state index in [0.29, 0.717) is 0 Å². The maximum atomic E-state index is 5.56. The van der Waals surface area contributed by atoms with Crippen LogP contribution < -0.4 is 0 Å². The quantitative estimate of drug-likeness (QED) is 0.436. The Morgan fingerprint density at radius 3 is 2.15 bits per heavy atom. The predicted molar refractivity (Wildman–Crippen MR) is 108 cm³/mol. The van der Waals surface area contributed by atoms with E-state index in [4.69, 9.17) is 4.42 Å². The molecule has 134 valence electrons. The van der Waals surface area contributed by atoms with E-state index < -0.39 is 0 Å². The fourth-order valence-electron chi connectivity index (χ4n) is 3.23. The molecule has 0 fully saturated rings. The van der Waals surface area contributed by atoms with Gasteiger partial charge in [-0.2, -0.15) is 0 Å². The van der Waals surface area contributed by atoms with Gasteiger partial charge in [-0.15, -0.1) is 0 Å². The SMILES string of the molecule is c1ccc(-c2ccc(CN(Cc3cccnc3)Cc3ccco3)cc2)cc1. The lowest BCUT2D eigenvalue weighted by Gasteiger charge is -2.21. The molecule has 0 aliphatic heterocycles. The summed E-state index contributed by atoms with van der Waals surface area (Å²) in [5, 5.41) is 0. The number of hydrogen-bond donors (Lipinski definition) is 0. The molecule has 2 heterocycles. The van der Waals surface area contributed by atoms with Crippen molar-refractivity contribution in [3.8, 4) is 11.1 Å².